The van der Waals surface area contributed by atoms with Gasteiger partial charge < -0.3 is 9.88 Å². The summed E-state index contributed by atoms with van der Waals surface area (Å²) in [6, 6.07) is 10.3. The lowest BCUT2D eigenvalue weighted by Gasteiger charge is -2.16. The maximum Gasteiger partial charge on any atom is 0.222 e. The molecule has 0 saturated carbocycles. The van der Waals surface area contributed by atoms with E-state index in [4.69, 9.17) is 0 Å². The molecule has 0 bridgehead atoms. The highest BCUT2D eigenvalue weighted by Gasteiger charge is 2.11. The van der Waals surface area contributed by atoms with Crippen molar-refractivity contribution in [3.05, 3.63) is 65.9 Å². The summed E-state index contributed by atoms with van der Waals surface area (Å²) in [5.41, 5.74) is 2.87. The van der Waals surface area contributed by atoms with Crippen LogP contribution in [0.5, 0.6) is 0 Å². The number of nitrogens with zero attached hydrogens (tertiary/aromatic N) is 2. The van der Waals surface area contributed by atoms with Gasteiger partial charge >= 0.3 is 0 Å². The van der Waals surface area contributed by atoms with E-state index < -0.39 is 0 Å². The number of hydrogen-bond acceptors (Lipinski definition) is 2. The summed E-state index contributed by atoms with van der Waals surface area (Å²) in [6.07, 6.45) is 4.61. The maximum absolute atomic E-state index is 13.2. The van der Waals surface area contributed by atoms with Crippen molar-refractivity contribution in [1.29, 1.82) is 0 Å². The quantitative estimate of drug-likeness (QED) is 0.786. The molecule has 3 rings (SSSR count). The molecular formula is C18H18FN3O. The minimum absolute atomic E-state index is 0.0756. The van der Waals surface area contributed by atoms with Crippen LogP contribution < -0.4 is 0 Å². The number of hydrogen-bond donors (Lipinski definition) is 1. The molecule has 0 aliphatic heterocycles. The van der Waals surface area contributed by atoms with E-state index in [2.05, 4.69) is 9.97 Å². The fourth-order valence-electron chi connectivity index (χ4n) is 2.58. The zero-order chi connectivity index (χ0) is 16.2. The molecule has 2 aromatic heterocycles. The van der Waals surface area contributed by atoms with Gasteiger partial charge in [0.2, 0.25) is 5.91 Å². The second-order valence-corrected chi connectivity index (χ2v) is 5.63. The van der Waals surface area contributed by atoms with Gasteiger partial charge in [0.05, 0.1) is 6.54 Å². The van der Waals surface area contributed by atoms with E-state index in [1.165, 1.54) is 12.1 Å². The second-order valence-electron chi connectivity index (χ2n) is 5.63. The first-order chi connectivity index (χ1) is 11.1. The van der Waals surface area contributed by atoms with Crippen LogP contribution in [0, 0.1) is 5.82 Å². The largest absolute Gasteiger partial charge is 0.357 e. The fraction of sp³-hybridized carbons (Fsp3) is 0.222. The van der Waals surface area contributed by atoms with Crippen LogP contribution in [0.2, 0.25) is 0 Å². The summed E-state index contributed by atoms with van der Waals surface area (Å²) in [7, 11) is 1.78. The van der Waals surface area contributed by atoms with Crippen molar-refractivity contribution in [3.8, 4) is 0 Å². The molecule has 0 aliphatic rings. The number of pyridine rings is 1. The van der Waals surface area contributed by atoms with Crippen LogP contribution in [-0.2, 0) is 17.8 Å². The number of aromatic nitrogens is 2. The molecular weight excluding hydrogens is 293 g/mol. The number of benzene rings is 1. The van der Waals surface area contributed by atoms with Crippen molar-refractivity contribution in [3.63, 3.8) is 0 Å². The third kappa shape index (κ3) is 3.74. The Bertz CT molecular complexity index is 814. The highest BCUT2D eigenvalue weighted by molar-refractivity contribution is 5.81. The predicted octanol–water partition coefficient (Wildman–Crippen LogP) is 3.29. The van der Waals surface area contributed by atoms with E-state index in [9.17, 15) is 9.18 Å². The number of amides is 1. The molecule has 3 aromatic rings. The van der Waals surface area contributed by atoms with E-state index in [-0.39, 0.29) is 11.7 Å². The first kappa shape index (κ1) is 15.2. The molecule has 0 fully saturated rings. The molecule has 5 heteroatoms. The van der Waals surface area contributed by atoms with Crippen LogP contribution in [0.4, 0.5) is 4.39 Å². The second kappa shape index (κ2) is 6.60. The number of nitrogens with one attached hydrogen (secondary N) is 1. The molecule has 0 unspecified atom stereocenters. The van der Waals surface area contributed by atoms with Crippen molar-refractivity contribution in [2.45, 2.75) is 19.4 Å². The van der Waals surface area contributed by atoms with Crippen molar-refractivity contribution in [2.24, 2.45) is 0 Å². The number of carbonyl (C=O) groups excluding carboxylic acids is 1. The Morgan fingerprint density at radius 3 is 2.78 bits per heavy atom. The third-order valence-corrected chi connectivity index (χ3v) is 3.85. The Balaban J connectivity index is 1.60. The molecule has 23 heavy (non-hydrogen) atoms. The molecule has 4 nitrogen and oxygen atoms in total. The van der Waals surface area contributed by atoms with Crippen LogP contribution >= 0.6 is 0 Å². The van der Waals surface area contributed by atoms with Gasteiger partial charge in [-0.25, -0.2) is 4.39 Å². The monoisotopic (exact) mass is 311 g/mol. The van der Waals surface area contributed by atoms with Crippen molar-refractivity contribution in [1.82, 2.24) is 14.9 Å². The average molecular weight is 311 g/mol. The lowest BCUT2D eigenvalue weighted by molar-refractivity contribution is -0.130. The van der Waals surface area contributed by atoms with Gasteiger partial charge in [0.25, 0.3) is 0 Å². The number of aromatic amines is 1. The van der Waals surface area contributed by atoms with Gasteiger partial charge in [-0.15, -0.1) is 0 Å². The molecule has 118 valence electrons. The van der Waals surface area contributed by atoms with Crippen LogP contribution in [0.25, 0.3) is 10.9 Å². The van der Waals surface area contributed by atoms with Crippen molar-refractivity contribution < 1.29 is 9.18 Å². The van der Waals surface area contributed by atoms with Crippen LogP contribution in [0.1, 0.15) is 17.7 Å². The van der Waals surface area contributed by atoms with Crippen LogP contribution in [-0.4, -0.2) is 27.8 Å². The highest BCUT2D eigenvalue weighted by Crippen LogP contribution is 2.17. The smallest absolute Gasteiger partial charge is 0.222 e. The number of rotatable bonds is 5. The highest BCUT2D eigenvalue weighted by atomic mass is 19.1. The number of aryl methyl sites for hydroxylation is 1. The van der Waals surface area contributed by atoms with E-state index in [0.717, 1.165) is 22.2 Å². The number of halogens is 1. The van der Waals surface area contributed by atoms with Crippen molar-refractivity contribution in [2.75, 3.05) is 7.05 Å². The lowest BCUT2D eigenvalue weighted by atomic mass is 10.1. The summed E-state index contributed by atoms with van der Waals surface area (Å²) in [5, 5.41) is 0.817. The topological polar surface area (TPSA) is 49.0 Å². The molecule has 0 atom stereocenters. The first-order valence-electron chi connectivity index (χ1n) is 7.52. The number of carbonyl (C=O) groups is 1. The molecule has 0 saturated heterocycles. The Morgan fingerprint density at radius 1 is 1.22 bits per heavy atom. The van der Waals surface area contributed by atoms with Crippen LogP contribution in [0.15, 0.2) is 48.8 Å². The van der Waals surface area contributed by atoms with Gasteiger partial charge in [0, 0.05) is 42.5 Å². The minimum Gasteiger partial charge on any atom is -0.357 e. The normalized spacial score (nSPS) is 10.9. The average Bonchev–Trinajstić information content (AvgIpc) is 2.94. The summed E-state index contributed by atoms with van der Waals surface area (Å²) >= 11 is 0. The predicted molar refractivity (Wildman–Crippen MR) is 87.3 cm³/mol. The van der Waals surface area contributed by atoms with E-state index >= 15 is 0 Å². The first-order valence-corrected chi connectivity index (χ1v) is 7.52. The van der Waals surface area contributed by atoms with E-state index in [1.807, 2.05) is 18.2 Å². The molecule has 1 amide bonds. The zero-order valence-electron chi connectivity index (χ0n) is 12.9. The standard InChI is InChI=1S/C18H18FN3O/c1-22(18(23)5-2-13-6-8-20-9-7-13)12-16-11-14-10-15(19)3-4-17(14)21-16/h3-4,6-11,21H,2,5,12H2,1H3. The lowest BCUT2D eigenvalue weighted by Crippen LogP contribution is -2.26. The molecule has 2 heterocycles. The summed E-state index contributed by atoms with van der Waals surface area (Å²) in [4.78, 5) is 21.1. The van der Waals surface area contributed by atoms with Gasteiger partial charge in [-0.05, 0) is 48.4 Å². The van der Waals surface area contributed by atoms with Gasteiger partial charge in [-0.1, -0.05) is 0 Å². The van der Waals surface area contributed by atoms with Gasteiger partial charge in [0.1, 0.15) is 5.82 Å². The molecule has 1 N–H and O–H groups in total. The molecule has 0 spiro atoms. The van der Waals surface area contributed by atoms with Crippen molar-refractivity contribution >= 4 is 16.8 Å². The number of H-pyrrole nitrogens is 1. The van der Waals surface area contributed by atoms with E-state index in [1.54, 1.807) is 30.4 Å². The van der Waals surface area contributed by atoms with Gasteiger partial charge in [0.15, 0.2) is 0 Å². The summed E-state index contributed by atoms with van der Waals surface area (Å²) in [5.74, 6) is -0.184. The van der Waals surface area contributed by atoms with E-state index in [0.29, 0.717) is 19.4 Å². The molecule has 0 radical (unpaired) electrons. The molecule has 0 aliphatic carbocycles. The SMILES string of the molecule is CN(Cc1cc2cc(F)ccc2[nH]1)C(=O)CCc1ccncc1. The Hall–Kier alpha value is -2.69. The van der Waals surface area contributed by atoms with Crippen LogP contribution in [0.3, 0.4) is 0 Å². The fourth-order valence-corrected chi connectivity index (χ4v) is 2.58. The zero-order valence-corrected chi connectivity index (χ0v) is 12.9. The maximum atomic E-state index is 13.2. The third-order valence-electron chi connectivity index (χ3n) is 3.85. The Kier molecular flexibility index (Phi) is 4.37. The molecule has 1 aromatic carbocycles. The Labute approximate surface area is 134 Å². The van der Waals surface area contributed by atoms with Gasteiger partial charge in [-0.2, -0.15) is 0 Å². The Morgan fingerprint density at radius 2 is 2.00 bits per heavy atom. The minimum atomic E-state index is -0.259. The van der Waals surface area contributed by atoms with Gasteiger partial charge in [-0.3, -0.25) is 9.78 Å². The number of fused-ring (bicyclic) bond motifs is 1. The summed E-state index contributed by atoms with van der Waals surface area (Å²) < 4.78 is 13.2. The summed E-state index contributed by atoms with van der Waals surface area (Å²) in [6.45, 7) is 0.478.